The zero-order valence-corrected chi connectivity index (χ0v) is 10.2. The fourth-order valence-corrected chi connectivity index (χ4v) is 1.17. The summed E-state index contributed by atoms with van der Waals surface area (Å²) in [7, 11) is 3.47. The number of halogens is 2. The Bertz CT molecular complexity index is 357. The van der Waals surface area contributed by atoms with Crippen LogP contribution in [-0.4, -0.2) is 24.2 Å². The zero-order valence-electron chi connectivity index (χ0n) is 7.75. The second-order valence-corrected chi connectivity index (χ2v) is 4.10. The monoisotopic (exact) mass is 277 g/mol. The van der Waals surface area contributed by atoms with Gasteiger partial charge in [0, 0.05) is 18.6 Å². The third-order valence-electron chi connectivity index (χ3n) is 1.46. The standard InChI is InChI=1S/C9H9BrFNOS/c1-12(2)9(14)13-8-4-3-6(10)5-7(8)11/h3-5H,1-2H3. The number of rotatable bonds is 1. The maximum Gasteiger partial charge on any atom is 0.264 e. The van der Waals surface area contributed by atoms with E-state index in [0.29, 0.717) is 4.47 Å². The Hall–Kier alpha value is -0.680. The Labute approximate surface area is 95.8 Å². The van der Waals surface area contributed by atoms with E-state index in [0.717, 1.165) is 0 Å². The third kappa shape index (κ3) is 2.92. The van der Waals surface area contributed by atoms with Gasteiger partial charge in [-0.15, -0.1) is 0 Å². The van der Waals surface area contributed by atoms with Gasteiger partial charge >= 0.3 is 0 Å². The lowest BCUT2D eigenvalue weighted by atomic mass is 10.3. The number of nitrogens with zero attached hydrogens (tertiary/aromatic N) is 1. The largest absolute Gasteiger partial charge is 0.429 e. The first-order valence-electron chi connectivity index (χ1n) is 3.85. The summed E-state index contributed by atoms with van der Waals surface area (Å²) >= 11 is 8.03. The molecule has 0 spiro atoms. The lowest BCUT2D eigenvalue weighted by Gasteiger charge is -2.14. The van der Waals surface area contributed by atoms with Crippen molar-refractivity contribution in [3.05, 3.63) is 28.5 Å². The van der Waals surface area contributed by atoms with E-state index in [1.54, 1.807) is 25.1 Å². The molecule has 0 saturated carbocycles. The van der Waals surface area contributed by atoms with Crippen molar-refractivity contribution >= 4 is 33.3 Å². The van der Waals surface area contributed by atoms with Gasteiger partial charge in [-0.2, -0.15) is 0 Å². The van der Waals surface area contributed by atoms with E-state index in [4.69, 9.17) is 17.0 Å². The van der Waals surface area contributed by atoms with Crippen LogP contribution in [0, 0.1) is 5.82 Å². The van der Waals surface area contributed by atoms with Crippen LogP contribution in [0.25, 0.3) is 0 Å². The molecule has 76 valence electrons. The van der Waals surface area contributed by atoms with E-state index < -0.39 is 5.82 Å². The molecule has 14 heavy (non-hydrogen) atoms. The normalized spacial score (nSPS) is 9.71. The maximum atomic E-state index is 13.2. The summed E-state index contributed by atoms with van der Waals surface area (Å²) in [5, 5.41) is 0.228. The van der Waals surface area contributed by atoms with Gasteiger partial charge in [-0.05, 0) is 30.4 Å². The highest BCUT2D eigenvalue weighted by Crippen LogP contribution is 2.21. The summed E-state index contributed by atoms with van der Waals surface area (Å²) in [5.41, 5.74) is 0. The SMILES string of the molecule is CN(C)C(=S)Oc1ccc(Br)cc1F. The van der Waals surface area contributed by atoms with E-state index in [9.17, 15) is 4.39 Å². The predicted octanol–water partition coefficient (Wildman–Crippen LogP) is 2.81. The molecule has 0 amide bonds. The van der Waals surface area contributed by atoms with Crippen LogP contribution in [0.3, 0.4) is 0 Å². The van der Waals surface area contributed by atoms with Crippen molar-refractivity contribution in [1.29, 1.82) is 0 Å². The van der Waals surface area contributed by atoms with E-state index in [2.05, 4.69) is 15.9 Å². The van der Waals surface area contributed by atoms with Gasteiger partial charge in [-0.25, -0.2) is 4.39 Å². The maximum absolute atomic E-state index is 13.2. The van der Waals surface area contributed by atoms with Crippen molar-refractivity contribution in [3.63, 3.8) is 0 Å². The minimum atomic E-state index is -0.441. The minimum Gasteiger partial charge on any atom is -0.429 e. The Morgan fingerprint density at radius 3 is 2.64 bits per heavy atom. The van der Waals surface area contributed by atoms with E-state index in [1.807, 2.05) is 0 Å². The summed E-state index contributed by atoms with van der Waals surface area (Å²) in [5.74, 6) is -0.310. The Balaban J connectivity index is 2.82. The first-order chi connectivity index (χ1) is 6.50. The molecule has 0 unspecified atom stereocenters. The van der Waals surface area contributed by atoms with E-state index in [-0.39, 0.29) is 10.9 Å². The molecule has 0 aliphatic rings. The van der Waals surface area contributed by atoms with Crippen LogP contribution in [0.2, 0.25) is 0 Å². The molecule has 0 N–H and O–H groups in total. The summed E-state index contributed by atoms with van der Waals surface area (Å²) in [4.78, 5) is 1.59. The average molecular weight is 278 g/mol. The number of ether oxygens (including phenoxy) is 1. The van der Waals surface area contributed by atoms with E-state index >= 15 is 0 Å². The average Bonchev–Trinajstić information content (AvgIpc) is 2.09. The van der Waals surface area contributed by atoms with Crippen molar-refractivity contribution in [2.24, 2.45) is 0 Å². The molecule has 0 radical (unpaired) electrons. The van der Waals surface area contributed by atoms with Gasteiger partial charge in [-0.1, -0.05) is 15.9 Å². The second kappa shape index (κ2) is 4.70. The Morgan fingerprint density at radius 1 is 1.50 bits per heavy atom. The smallest absolute Gasteiger partial charge is 0.264 e. The summed E-state index contributed by atoms with van der Waals surface area (Å²) < 4.78 is 19.0. The lowest BCUT2D eigenvalue weighted by Crippen LogP contribution is -2.25. The van der Waals surface area contributed by atoms with Crippen LogP contribution in [0.15, 0.2) is 22.7 Å². The number of thiocarbonyl (C=S) groups is 1. The third-order valence-corrected chi connectivity index (χ3v) is 2.40. The van der Waals surface area contributed by atoms with Gasteiger partial charge in [0.25, 0.3) is 5.17 Å². The number of hydrogen-bond acceptors (Lipinski definition) is 2. The molecule has 1 aromatic rings. The highest BCUT2D eigenvalue weighted by molar-refractivity contribution is 9.10. The molecule has 0 aromatic heterocycles. The fourth-order valence-electron chi connectivity index (χ4n) is 0.743. The zero-order chi connectivity index (χ0) is 10.7. The highest BCUT2D eigenvalue weighted by atomic mass is 79.9. The van der Waals surface area contributed by atoms with Crippen molar-refractivity contribution in [3.8, 4) is 5.75 Å². The molecule has 0 atom stereocenters. The van der Waals surface area contributed by atoms with Crippen molar-refractivity contribution in [2.45, 2.75) is 0 Å². The van der Waals surface area contributed by atoms with Gasteiger partial charge in [0.2, 0.25) is 0 Å². The summed E-state index contributed by atoms with van der Waals surface area (Å²) in [6.45, 7) is 0. The molecule has 0 bridgehead atoms. The summed E-state index contributed by atoms with van der Waals surface area (Å²) in [6.07, 6.45) is 0. The molecule has 0 heterocycles. The lowest BCUT2D eigenvalue weighted by molar-refractivity contribution is 0.425. The van der Waals surface area contributed by atoms with Gasteiger partial charge < -0.3 is 9.64 Å². The van der Waals surface area contributed by atoms with Crippen molar-refractivity contribution in [1.82, 2.24) is 4.90 Å². The van der Waals surface area contributed by atoms with E-state index in [1.165, 1.54) is 12.1 Å². The molecule has 1 aromatic carbocycles. The molecule has 0 saturated heterocycles. The van der Waals surface area contributed by atoms with Crippen molar-refractivity contribution < 1.29 is 9.13 Å². The quantitative estimate of drug-likeness (QED) is 0.733. The van der Waals surface area contributed by atoms with Crippen molar-refractivity contribution in [2.75, 3.05) is 14.1 Å². The van der Waals surface area contributed by atoms with Gasteiger partial charge in [-0.3, -0.25) is 0 Å². The van der Waals surface area contributed by atoms with Crippen LogP contribution in [0.1, 0.15) is 0 Å². The number of hydrogen-bond donors (Lipinski definition) is 0. The first kappa shape index (κ1) is 11.4. The highest BCUT2D eigenvalue weighted by Gasteiger charge is 2.07. The predicted molar refractivity (Wildman–Crippen MR) is 61.0 cm³/mol. The molecular formula is C9H9BrFNOS. The molecule has 1 rings (SSSR count). The van der Waals surface area contributed by atoms with Gasteiger partial charge in [0.1, 0.15) is 0 Å². The molecule has 0 aliphatic carbocycles. The van der Waals surface area contributed by atoms with Crippen LogP contribution in [0.4, 0.5) is 4.39 Å². The second-order valence-electron chi connectivity index (χ2n) is 2.84. The minimum absolute atomic E-state index is 0.131. The summed E-state index contributed by atoms with van der Waals surface area (Å²) in [6, 6.07) is 4.54. The molecule has 5 heteroatoms. The van der Waals surface area contributed by atoms with Crippen LogP contribution < -0.4 is 4.74 Å². The molecule has 2 nitrogen and oxygen atoms in total. The first-order valence-corrected chi connectivity index (χ1v) is 5.05. The number of benzene rings is 1. The molecular weight excluding hydrogens is 269 g/mol. The van der Waals surface area contributed by atoms with Gasteiger partial charge in [0.15, 0.2) is 11.6 Å². The molecule has 0 fully saturated rings. The molecule has 0 aliphatic heterocycles. The topological polar surface area (TPSA) is 12.5 Å². The van der Waals surface area contributed by atoms with Crippen LogP contribution in [0.5, 0.6) is 5.75 Å². The fraction of sp³-hybridized carbons (Fsp3) is 0.222. The Kier molecular flexibility index (Phi) is 3.83. The Morgan fingerprint density at radius 2 is 2.14 bits per heavy atom. The van der Waals surface area contributed by atoms with Gasteiger partial charge in [0.05, 0.1) is 0 Å². The van der Waals surface area contributed by atoms with Crippen LogP contribution in [-0.2, 0) is 0 Å². The van der Waals surface area contributed by atoms with Crippen LogP contribution >= 0.6 is 28.1 Å².